The van der Waals surface area contributed by atoms with Crippen LogP contribution in [0.1, 0.15) is 22.9 Å². The minimum absolute atomic E-state index is 0. The Morgan fingerprint density at radius 2 is 2.18 bits per heavy atom. The number of hydrogen-bond donors (Lipinski definition) is 1. The van der Waals surface area contributed by atoms with Crippen molar-refractivity contribution in [2.24, 2.45) is 0 Å². The van der Waals surface area contributed by atoms with Crippen LogP contribution in [0.4, 0.5) is 0 Å². The van der Waals surface area contributed by atoms with E-state index in [1.807, 2.05) is 24.4 Å². The van der Waals surface area contributed by atoms with Crippen LogP contribution in [0.3, 0.4) is 0 Å². The summed E-state index contributed by atoms with van der Waals surface area (Å²) in [5.41, 5.74) is 3.68. The number of pyridine rings is 1. The molecule has 3 nitrogen and oxygen atoms in total. The molecule has 22 heavy (non-hydrogen) atoms. The SMILES string of the molecule is Cc1cccnc1CN1CCNCC1c1cccc(Cl)c1.Cl. The van der Waals surface area contributed by atoms with Crippen molar-refractivity contribution in [3.63, 3.8) is 0 Å². The molecule has 2 aromatic rings. The molecule has 0 radical (unpaired) electrons. The van der Waals surface area contributed by atoms with Gasteiger partial charge in [0.25, 0.3) is 0 Å². The number of rotatable bonds is 3. The van der Waals surface area contributed by atoms with E-state index in [0.29, 0.717) is 6.04 Å². The lowest BCUT2D eigenvalue weighted by Gasteiger charge is -2.36. The van der Waals surface area contributed by atoms with Gasteiger partial charge in [-0.25, -0.2) is 0 Å². The van der Waals surface area contributed by atoms with E-state index in [2.05, 4.69) is 40.3 Å². The van der Waals surface area contributed by atoms with Gasteiger partial charge in [-0.05, 0) is 36.2 Å². The second-order valence-electron chi connectivity index (χ2n) is 5.51. The summed E-state index contributed by atoms with van der Waals surface area (Å²) in [7, 11) is 0. The summed E-state index contributed by atoms with van der Waals surface area (Å²) >= 11 is 6.15. The standard InChI is InChI=1S/C17H20ClN3.ClH/c1-13-4-3-7-20-16(13)12-21-9-8-19-11-17(21)14-5-2-6-15(18)10-14;/h2-7,10,17,19H,8-9,11-12H2,1H3;1H. The van der Waals surface area contributed by atoms with E-state index in [1.165, 1.54) is 11.1 Å². The third-order valence-electron chi connectivity index (χ3n) is 4.06. The van der Waals surface area contributed by atoms with Crippen molar-refractivity contribution in [3.8, 4) is 0 Å². The monoisotopic (exact) mass is 337 g/mol. The van der Waals surface area contributed by atoms with Crippen molar-refractivity contribution in [1.29, 1.82) is 0 Å². The summed E-state index contributed by atoms with van der Waals surface area (Å²) in [5.74, 6) is 0. The van der Waals surface area contributed by atoms with E-state index < -0.39 is 0 Å². The quantitative estimate of drug-likeness (QED) is 0.927. The van der Waals surface area contributed by atoms with E-state index in [4.69, 9.17) is 11.6 Å². The van der Waals surface area contributed by atoms with E-state index >= 15 is 0 Å². The molecule has 1 saturated heterocycles. The topological polar surface area (TPSA) is 28.2 Å². The lowest BCUT2D eigenvalue weighted by Crippen LogP contribution is -2.45. The Morgan fingerprint density at radius 3 is 2.95 bits per heavy atom. The van der Waals surface area contributed by atoms with Gasteiger partial charge in [0, 0.05) is 43.4 Å². The Bertz CT molecular complexity index is 618. The van der Waals surface area contributed by atoms with Crippen LogP contribution in [0.5, 0.6) is 0 Å². The van der Waals surface area contributed by atoms with Gasteiger partial charge in [0.05, 0.1) is 5.69 Å². The van der Waals surface area contributed by atoms with Crippen LogP contribution < -0.4 is 5.32 Å². The number of aryl methyl sites for hydroxylation is 1. The zero-order valence-corrected chi connectivity index (χ0v) is 14.2. The van der Waals surface area contributed by atoms with E-state index in [-0.39, 0.29) is 12.4 Å². The summed E-state index contributed by atoms with van der Waals surface area (Å²) < 4.78 is 0. The summed E-state index contributed by atoms with van der Waals surface area (Å²) in [6, 6.07) is 12.6. The molecule has 0 bridgehead atoms. The Hall–Kier alpha value is -1.13. The van der Waals surface area contributed by atoms with Crippen LogP contribution in [0.25, 0.3) is 0 Å². The second-order valence-corrected chi connectivity index (χ2v) is 5.95. The molecule has 1 fully saturated rings. The van der Waals surface area contributed by atoms with Gasteiger partial charge < -0.3 is 5.32 Å². The van der Waals surface area contributed by atoms with Gasteiger partial charge in [-0.2, -0.15) is 0 Å². The number of benzene rings is 1. The number of hydrogen-bond acceptors (Lipinski definition) is 3. The van der Waals surface area contributed by atoms with Crippen molar-refractivity contribution in [3.05, 3.63) is 64.4 Å². The molecule has 118 valence electrons. The maximum Gasteiger partial charge on any atom is 0.0573 e. The van der Waals surface area contributed by atoms with Crippen LogP contribution in [0.15, 0.2) is 42.6 Å². The third kappa shape index (κ3) is 3.99. The molecule has 3 rings (SSSR count). The number of halogens is 2. The Kier molecular flexibility index (Phi) is 6.21. The number of nitrogens with zero attached hydrogens (tertiary/aromatic N) is 2. The molecule has 5 heteroatoms. The fourth-order valence-corrected chi connectivity index (χ4v) is 3.05. The normalized spacial score (nSPS) is 18.7. The molecule has 0 saturated carbocycles. The second kappa shape index (κ2) is 7.93. The lowest BCUT2D eigenvalue weighted by atomic mass is 10.0. The molecule has 1 aliphatic rings. The average Bonchev–Trinajstić information content (AvgIpc) is 2.50. The molecule has 2 heterocycles. The van der Waals surface area contributed by atoms with Gasteiger partial charge in [0.2, 0.25) is 0 Å². The fourth-order valence-electron chi connectivity index (χ4n) is 2.85. The van der Waals surface area contributed by atoms with Crippen molar-refractivity contribution in [2.45, 2.75) is 19.5 Å². The molecule has 0 aliphatic carbocycles. The van der Waals surface area contributed by atoms with Crippen LogP contribution in [-0.4, -0.2) is 29.5 Å². The van der Waals surface area contributed by atoms with Crippen molar-refractivity contribution in [2.75, 3.05) is 19.6 Å². The highest BCUT2D eigenvalue weighted by Crippen LogP contribution is 2.26. The molecule has 1 aromatic carbocycles. The summed E-state index contributed by atoms with van der Waals surface area (Å²) in [6.45, 7) is 5.99. The van der Waals surface area contributed by atoms with Crippen molar-refractivity contribution < 1.29 is 0 Å². The molecule has 1 aliphatic heterocycles. The van der Waals surface area contributed by atoms with Gasteiger partial charge in [-0.3, -0.25) is 9.88 Å². The minimum atomic E-state index is 0. The predicted octanol–water partition coefficient (Wildman–Crippen LogP) is 3.61. The van der Waals surface area contributed by atoms with Gasteiger partial charge in [0.1, 0.15) is 0 Å². The first-order chi connectivity index (χ1) is 10.2. The smallest absolute Gasteiger partial charge is 0.0573 e. The number of piperazine rings is 1. The average molecular weight is 338 g/mol. The molecule has 1 unspecified atom stereocenters. The van der Waals surface area contributed by atoms with Crippen LogP contribution in [0.2, 0.25) is 5.02 Å². The molecular weight excluding hydrogens is 317 g/mol. The Labute approximate surface area is 143 Å². The van der Waals surface area contributed by atoms with Gasteiger partial charge in [-0.15, -0.1) is 12.4 Å². The fraction of sp³-hybridized carbons (Fsp3) is 0.353. The molecule has 1 aromatic heterocycles. The van der Waals surface area contributed by atoms with Gasteiger partial charge in [0.15, 0.2) is 0 Å². The first-order valence-electron chi connectivity index (χ1n) is 7.35. The van der Waals surface area contributed by atoms with E-state index in [1.54, 1.807) is 0 Å². The molecule has 1 N–H and O–H groups in total. The van der Waals surface area contributed by atoms with E-state index in [0.717, 1.165) is 36.9 Å². The maximum absolute atomic E-state index is 6.15. The maximum atomic E-state index is 6.15. The zero-order valence-electron chi connectivity index (χ0n) is 12.6. The largest absolute Gasteiger partial charge is 0.314 e. The first-order valence-corrected chi connectivity index (χ1v) is 7.72. The summed E-state index contributed by atoms with van der Waals surface area (Å²) in [4.78, 5) is 7.01. The third-order valence-corrected chi connectivity index (χ3v) is 4.29. The highest BCUT2D eigenvalue weighted by Gasteiger charge is 2.24. The van der Waals surface area contributed by atoms with Crippen molar-refractivity contribution >= 4 is 24.0 Å². The molecule has 0 amide bonds. The Morgan fingerprint density at radius 1 is 1.32 bits per heavy atom. The van der Waals surface area contributed by atoms with E-state index in [9.17, 15) is 0 Å². The highest BCUT2D eigenvalue weighted by molar-refractivity contribution is 6.30. The predicted molar refractivity (Wildman–Crippen MR) is 93.7 cm³/mol. The summed E-state index contributed by atoms with van der Waals surface area (Å²) in [6.07, 6.45) is 1.87. The van der Waals surface area contributed by atoms with Gasteiger partial charge >= 0.3 is 0 Å². The number of nitrogens with one attached hydrogen (secondary N) is 1. The molecule has 0 spiro atoms. The minimum Gasteiger partial charge on any atom is -0.314 e. The van der Waals surface area contributed by atoms with Gasteiger partial charge in [-0.1, -0.05) is 29.8 Å². The highest BCUT2D eigenvalue weighted by atomic mass is 35.5. The summed E-state index contributed by atoms with van der Waals surface area (Å²) in [5, 5.41) is 4.28. The van der Waals surface area contributed by atoms with Crippen molar-refractivity contribution in [1.82, 2.24) is 15.2 Å². The van der Waals surface area contributed by atoms with Crippen LogP contribution in [-0.2, 0) is 6.54 Å². The Balaban J connectivity index is 0.00000176. The van der Waals surface area contributed by atoms with Crippen LogP contribution in [0, 0.1) is 6.92 Å². The number of aromatic nitrogens is 1. The zero-order chi connectivity index (χ0) is 14.7. The molecular formula is C17H21Cl2N3. The lowest BCUT2D eigenvalue weighted by molar-refractivity contribution is 0.151. The first kappa shape index (κ1) is 17.2. The van der Waals surface area contributed by atoms with Crippen LogP contribution >= 0.6 is 24.0 Å². The molecule has 1 atom stereocenters.